The van der Waals surface area contributed by atoms with Crippen LogP contribution in [0.2, 0.25) is 0 Å². The molecule has 2 aliphatic rings. The zero-order chi connectivity index (χ0) is 11.0. The maximum atomic E-state index is 13.7. The Morgan fingerprint density at radius 2 is 2.19 bits per heavy atom. The van der Waals surface area contributed by atoms with Crippen molar-refractivity contribution in [1.29, 1.82) is 0 Å². The average molecular weight is 219 g/mol. The van der Waals surface area contributed by atoms with Crippen molar-refractivity contribution in [3.05, 3.63) is 35.6 Å². The fraction of sp³-hybridized carbons (Fsp3) is 0.417. The van der Waals surface area contributed by atoms with E-state index in [0.29, 0.717) is 6.04 Å². The first-order valence-corrected chi connectivity index (χ1v) is 5.62. The number of piperidine rings is 1. The molecular weight excluding hydrogens is 205 g/mol. The summed E-state index contributed by atoms with van der Waals surface area (Å²) in [4.78, 5) is 4.39. The number of nitrogens with one attached hydrogen (secondary N) is 2. The Morgan fingerprint density at radius 1 is 1.31 bits per heavy atom. The number of hydrogen-bond donors (Lipinski definition) is 2. The van der Waals surface area contributed by atoms with Crippen molar-refractivity contribution in [2.24, 2.45) is 4.99 Å². The van der Waals surface area contributed by atoms with Crippen LogP contribution in [0.15, 0.2) is 29.3 Å². The molecule has 0 bridgehead atoms. The Balaban J connectivity index is 1.94. The number of rotatable bonds is 1. The van der Waals surface area contributed by atoms with E-state index < -0.39 is 0 Å². The number of fused-ring (bicyclic) bond motifs is 1. The van der Waals surface area contributed by atoms with Crippen LogP contribution in [0.4, 0.5) is 4.39 Å². The van der Waals surface area contributed by atoms with Gasteiger partial charge in [0.15, 0.2) is 0 Å². The van der Waals surface area contributed by atoms with Gasteiger partial charge in [-0.3, -0.25) is 4.99 Å². The maximum absolute atomic E-state index is 13.7. The molecule has 2 N–H and O–H groups in total. The van der Waals surface area contributed by atoms with E-state index in [1.165, 1.54) is 6.07 Å². The molecule has 0 amide bonds. The highest BCUT2D eigenvalue weighted by atomic mass is 19.1. The van der Waals surface area contributed by atoms with E-state index >= 15 is 0 Å². The highest BCUT2D eigenvalue weighted by Gasteiger charge is 2.36. The lowest BCUT2D eigenvalue weighted by Crippen LogP contribution is -2.48. The molecule has 3 nitrogen and oxygen atoms in total. The highest BCUT2D eigenvalue weighted by molar-refractivity contribution is 5.59. The number of halogens is 1. The van der Waals surface area contributed by atoms with Crippen LogP contribution < -0.4 is 10.6 Å². The monoisotopic (exact) mass is 219 g/mol. The quantitative estimate of drug-likeness (QED) is 0.745. The summed E-state index contributed by atoms with van der Waals surface area (Å²) in [6.45, 7) is 0.899. The van der Waals surface area contributed by atoms with E-state index in [-0.39, 0.29) is 17.9 Å². The lowest BCUT2D eigenvalue weighted by atomic mass is 9.89. The van der Waals surface area contributed by atoms with Gasteiger partial charge >= 0.3 is 0 Å². The molecule has 0 saturated carbocycles. The van der Waals surface area contributed by atoms with Gasteiger partial charge < -0.3 is 10.6 Å². The van der Waals surface area contributed by atoms with Crippen LogP contribution in [0.25, 0.3) is 0 Å². The Labute approximate surface area is 93.8 Å². The smallest absolute Gasteiger partial charge is 0.128 e. The average Bonchev–Trinajstić information content (AvgIpc) is 2.77. The van der Waals surface area contributed by atoms with Gasteiger partial charge in [0.25, 0.3) is 0 Å². The summed E-state index contributed by atoms with van der Waals surface area (Å²) in [6.07, 6.45) is 2.78. The van der Waals surface area contributed by atoms with Gasteiger partial charge in [-0.15, -0.1) is 0 Å². The first-order valence-electron chi connectivity index (χ1n) is 5.62. The van der Waals surface area contributed by atoms with Gasteiger partial charge in [0.05, 0.1) is 24.5 Å². The van der Waals surface area contributed by atoms with Gasteiger partial charge in [-0.1, -0.05) is 18.2 Å². The second-order valence-corrected chi connectivity index (χ2v) is 4.28. The molecular formula is C12H14FN3. The van der Waals surface area contributed by atoms with Crippen LogP contribution in [0.5, 0.6) is 0 Å². The summed E-state index contributed by atoms with van der Waals surface area (Å²) in [5.41, 5.74) is 0.720. The predicted octanol–water partition coefficient (Wildman–Crippen LogP) is 1.23. The number of benzene rings is 1. The van der Waals surface area contributed by atoms with E-state index in [1.54, 1.807) is 12.4 Å². The summed E-state index contributed by atoms with van der Waals surface area (Å²) in [6, 6.07) is 7.39. The van der Waals surface area contributed by atoms with E-state index in [1.807, 2.05) is 12.1 Å². The predicted molar refractivity (Wildman–Crippen MR) is 61.0 cm³/mol. The molecule has 0 radical (unpaired) electrons. The van der Waals surface area contributed by atoms with Gasteiger partial charge in [0.2, 0.25) is 0 Å². The molecule has 0 aliphatic carbocycles. The molecule has 2 aliphatic heterocycles. The van der Waals surface area contributed by atoms with Crippen LogP contribution in [-0.4, -0.2) is 25.0 Å². The van der Waals surface area contributed by atoms with Crippen molar-refractivity contribution in [3.63, 3.8) is 0 Å². The van der Waals surface area contributed by atoms with Crippen molar-refractivity contribution < 1.29 is 4.39 Å². The Hall–Kier alpha value is -1.42. The molecule has 0 aromatic heterocycles. The second-order valence-electron chi connectivity index (χ2n) is 4.28. The fourth-order valence-electron chi connectivity index (χ4n) is 2.54. The normalized spacial score (nSPS) is 32.2. The molecule has 1 saturated heterocycles. The standard InChI is InChI=1S/C12H14FN3/c13-9-4-2-1-3-8(9)11-12-10(5-6-14-11)15-7-16-12/h1-4,7,10-12,14H,5-6H2,(H,15,16)/t10-,11-,12+/m1/s1. The second kappa shape index (κ2) is 3.87. The van der Waals surface area contributed by atoms with Gasteiger partial charge in [-0.05, 0) is 19.0 Å². The number of hydrogen-bond acceptors (Lipinski definition) is 3. The maximum Gasteiger partial charge on any atom is 0.128 e. The highest BCUT2D eigenvalue weighted by Crippen LogP contribution is 2.29. The van der Waals surface area contributed by atoms with Crippen LogP contribution in [0.3, 0.4) is 0 Å². The van der Waals surface area contributed by atoms with Crippen LogP contribution >= 0.6 is 0 Å². The largest absolute Gasteiger partial charge is 0.371 e. The third-order valence-electron chi connectivity index (χ3n) is 3.35. The van der Waals surface area contributed by atoms with Crippen molar-refractivity contribution in [2.45, 2.75) is 24.5 Å². The van der Waals surface area contributed by atoms with Gasteiger partial charge in [-0.2, -0.15) is 0 Å². The third-order valence-corrected chi connectivity index (χ3v) is 3.35. The Morgan fingerprint density at radius 3 is 3.06 bits per heavy atom. The molecule has 3 rings (SSSR count). The summed E-state index contributed by atoms with van der Waals surface area (Å²) in [5, 5.41) is 6.58. The minimum Gasteiger partial charge on any atom is -0.371 e. The third kappa shape index (κ3) is 1.50. The van der Waals surface area contributed by atoms with E-state index in [0.717, 1.165) is 18.5 Å². The molecule has 1 fully saturated rings. The SMILES string of the molecule is Fc1ccccc1[C@H]1NCC[C@H]2NC=N[C@H]12. The molecule has 1 aromatic rings. The Kier molecular flexibility index (Phi) is 2.36. The van der Waals surface area contributed by atoms with Crippen LogP contribution in [-0.2, 0) is 0 Å². The van der Waals surface area contributed by atoms with Crippen molar-refractivity contribution >= 4 is 6.34 Å². The number of nitrogens with zero attached hydrogens (tertiary/aromatic N) is 1. The van der Waals surface area contributed by atoms with Crippen LogP contribution in [0, 0.1) is 5.82 Å². The number of aliphatic imine (C=N–C) groups is 1. The minimum atomic E-state index is -0.150. The van der Waals surface area contributed by atoms with Crippen LogP contribution in [0.1, 0.15) is 18.0 Å². The fourth-order valence-corrected chi connectivity index (χ4v) is 2.54. The molecule has 4 heteroatoms. The first-order chi connectivity index (χ1) is 7.86. The molecule has 84 valence electrons. The van der Waals surface area contributed by atoms with E-state index in [9.17, 15) is 4.39 Å². The summed E-state index contributed by atoms with van der Waals surface area (Å²) >= 11 is 0. The van der Waals surface area contributed by atoms with Crippen molar-refractivity contribution in [3.8, 4) is 0 Å². The molecule has 2 heterocycles. The van der Waals surface area contributed by atoms with Gasteiger partial charge in [-0.25, -0.2) is 4.39 Å². The lowest BCUT2D eigenvalue weighted by Gasteiger charge is -2.33. The molecule has 16 heavy (non-hydrogen) atoms. The summed E-state index contributed by atoms with van der Waals surface area (Å²) in [5.74, 6) is -0.150. The summed E-state index contributed by atoms with van der Waals surface area (Å²) in [7, 11) is 0. The van der Waals surface area contributed by atoms with Crippen molar-refractivity contribution in [2.75, 3.05) is 6.54 Å². The minimum absolute atomic E-state index is 0.00815. The zero-order valence-corrected chi connectivity index (χ0v) is 8.86. The van der Waals surface area contributed by atoms with Crippen molar-refractivity contribution in [1.82, 2.24) is 10.6 Å². The molecule has 0 unspecified atom stereocenters. The first kappa shape index (κ1) is 9.78. The summed E-state index contributed by atoms with van der Waals surface area (Å²) < 4.78 is 13.7. The zero-order valence-electron chi connectivity index (χ0n) is 8.86. The van der Waals surface area contributed by atoms with E-state index in [4.69, 9.17) is 0 Å². The lowest BCUT2D eigenvalue weighted by molar-refractivity contribution is 0.314. The van der Waals surface area contributed by atoms with E-state index in [2.05, 4.69) is 15.6 Å². The van der Waals surface area contributed by atoms with Gasteiger partial charge in [0.1, 0.15) is 5.82 Å². The molecule has 1 aromatic carbocycles. The Bertz CT molecular complexity index is 418. The van der Waals surface area contributed by atoms with Gasteiger partial charge in [0, 0.05) is 5.56 Å². The molecule has 3 atom stereocenters. The molecule has 0 spiro atoms. The topological polar surface area (TPSA) is 36.4 Å².